The van der Waals surface area contributed by atoms with Gasteiger partial charge in [0, 0.05) is 17.9 Å². The lowest BCUT2D eigenvalue weighted by molar-refractivity contribution is -0.154. The van der Waals surface area contributed by atoms with Crippen LogP contribution in [0.3, 0.4) is 0 Å². The summed E-state index contributed by atoms with van der Waals surface area (Å²) in [6.07, 6.45) is 1.67. The Kier molecular flexibility index (Phi) is 8.51. The second kappa shape index (κ2) is 10.1. The van der Waals surface area contributed by atoms with Crippen LogP contribution in [-0.2, 0) is 14.4 Å². The van der Waals surface area contributed by atoms with Crippen LogP contribution in [0.25, 0.3) is 0 Å². The van der Waals surface area contributed by atoms with Crippen molar-refractivity contribution in [2.24, 2.45) is 0 Å². The molecule has 0 radical (unpaired) electrons. The molecule has 1 aliphatic heterocycles. The van der Waals surface area contributed by atoms with Crippen LogP contribution in [0.4, 0.5) is 0 Å². The summed E-state index contributed by atoms with van der Waals surface area (Å²) in [7, 11) is 0. The van der Waals surface area contributed by atoms with Gasteiger partial charge in [0.15, 0.2) is 0 Å². The van der Waals surface area contributed by atoms with E-state index in [2.05, 4.69) is 13.2 Å². The van der Waals surface area contributed by atoms with Crippen molar-refractivity contribution in [3.8, 4) is 0 Å². The molecule has 0 aromatic carbocycles. The fourth-order valence-corrected chi connectivity index (χ4v) is 2.90. The van der Waals surface area contributed by atoms with E-state index in [-0.39, 0.29) is 50.8 Å². The Morgan fingerprint density at radius 1 is 1.04 bits per heavy atom. The zero-order chi connectivity index (χ0) is 18.1. The minimum absolute atomic E-state index is 0.0803. The Bertz CT molecular complexity index is 472. The number of amides is 3. The number of aliphatic hydroxyl groups is 2. The quantitative estimate of drug-likeness (QED) is 0.436. The number of carbonyl (C=O) groups is 3. The topological polar surface area (TPSA) is 101 Å². The van der Waals surface area contributed by atoms with Crippen molar-refractivity contribution in [2.45, 2.75) is 12.5 Å². The summed E-state index contributed by atoms with van der Waals surface area (Å²) < 4.78 is 0. The fourth-order valence-electron chi connectivity index (χ4n) is 2.04. The Morgan fingerprint density at radius 2 is 1.54 bits per heavy atom. The smallest absolute Gasteiger partial charge is 0.248 e. The maximum atomic E-state index is 12.3. The molecule has 2 N–H and O–H groups in total. The van der Waals surface area contributed by atoms with Crippen molar-refractivity contribution in [1.82, 2.24) is 14.7 Å². The van der Waals surface area contributed by atoms with Crippen molar-refractivity contribution < 1.29 is 24.6 Å². The van der Waals surface area contributed by atoms with E-state index in [4.69, 9.17) is 5.11 Å². The SMILES string of the molecule is C=CC(=O)N1CN(C(=O)C=C)CN(C(=O)CCSCC(O)CO)C1. The van der Waals surface area contributed by atoms with Crippen molar-refractivity contribution >= 4 is 29.5 Å². The van der Waals surface area contributed by atoms with Gasteiger partial charge in [-0.15, -0.1) is 0 Å². The second-order valence-electron chi connectivity index (χ2n) is 5.18. The monoisotopic (exact) mass is 357 g/mol. The molecule has 0 aromatic rings. The molecule has 0 aromatic heterocycles. The van der Waals surface area contributed by atoms with E-state index in [1.807, 2.05) is 0 Å². The van der Waals surface area contributed by atoms with E-state index in [0.29, 0.717) is 11.5 Å². The Balaban J connectivity index is 2.61. The van der Waals surface area contributed by atoms with Gasteiger partial charge in [0.1, 0.15) is 0 Å². The second-order valence-corrected chi connectivity index (χ2v) is 6.33. The van der Waals surface area contributed by atoms with E-state index >= 15 is 0 Å². The highest BCUT2D eigenvalue weighted by molar-refractivity contribution is 7.99. The molecule has 1 rings (SSSR count). The normalized spacial score (nSPS) is 15.8. The van der Waals surface area contributed by atoms with Gasteiger partial charge in [-0.1, -0.05) is 13.2 Å². The highest BCUT2D eigenvalue weighted by Crippen LogP contribution is 2.12. The molecule has 1 atom stereocenters. The highest BCUT2D eigenvalue weighted by atomic mass is 32.2. The molecule has 0 saturated carbocycles. The average Bonchev–Trinajstić information content (AvgIpc) is 2.62. The van der Waals surface area contributed by atoms with Gasteiger partial charge in [0.05, 0.1) is 32.7 Å². The molecule has 1 saturated heterocycles. The van der Waals surface area contributed by atoms with Crippen LogP contribution >= 0.6 is 11.8 Å². The molecule has 134 valence electrons. The molecule has 0 spiro atoms. The first-order chi connectivity index (χ1) is 11.4. The Morgan fingerprint density at radius 3 is 2.00 bits per heavy atom. The number of thioether (sulfide) groups is 1. The lowest BCUT2D eigenvalue weighted by atomic mass is 10.3. The number of aliphatic hydroxyl groups excluding tert-OH is 2. The third-order valence-corrected chi connectivity index (χ3v) is 4.44. The molecular formula is C15H23N3O5S. The zero-order valence-corrected chi connectivity index (χ0v) is 14.3. The molecule has 8 nitrogen and oxygen atoms in total. The molecule has 0 bridgehead atoms. The van der Waals surface area contributed by atoms with Gasteiger partial charge in [-0.2, -0.15) is 11.8 Å². The number of carbonyl (C=O) groups excluding carboxylic acids is 3. The minimum Gasteiger partial charge on any atom is -0.394 e. The predicted octanol–water partition coefficient (Wildman–Crippen LogP) is -0.793. The first-order valence-electron chi connectivity index (χ1n) is 7.40. The molecule has 24 heavy (non-hydrogen) atoms. The van der Waals surface area contributed by atoms with E-state index in [9.17, 15) is 19.5 Å². The van der Waals surface area contributed by atoms with Crippen LogP contribution < -0.4 is 0 Å². The van der Waals surface area contributed by atoms with Crippen LogP contribution in [0.1, 0.15) is 6.42 Å². The fraction of sp³-hybridized carbons (Fsp3) is 0.533. The summed E-state index contributed by atoms with van der Waals surface area (Å²) in [6.45, 7) is 6.78. The van der Waals surface area contributed by atoms with Crippen LogP contribution in [0, 0.1) is 0 Å². The summed E-state index contributed by atoms with van der Waals surface area (Å²) in [5.74, 6) is -0.127. The lowest BCUT2D eigenvalue weighted by Crippen LogP contribution is -2.59. The summed E-state index contributed by atoms with van der Waals surface area (Å²) in [5, 5.41) is 18.0. The molecule has 1 fully saturated rings. The first-order valence-corrected chi connectivity index (χ1v) is 8.55. The molecule has 3 amide bonds. The van der Waals surface area contributed by atoms with E-state index in [1.54, 1.807) is 0 Å². The van der Waals surface area contributed by atoms with Gasteiger partial charge in [-0.05, 0) is 12.2 Å². The van der Waals surface area contributed by atoms with Crippen LogP contribution in [0.5, 0.6) is 0 Å². The van der Waals surface area contributed by atoms with E-state index in [0.717, 1.165) is 12.2 Å². The van der Waals surface area contributed by atoms with Crippen molar-refractivity contribution in [1.29, 1.82) is 0 Å². The molecule has 1 unspecified atom stereocenters. The minimum atomic E-state index is -0.804. The van der Waals surface area contributed by atoms with Gasteiger partial charge < -0.3 is 24.9 Å². The molecular weight excluding hydrogens is 334 g/mol. The Hall–Kier alpha value is -1.84. The van der Waals surface area contributed by atoms with Crippen LogP contribution in [0.2, 0.25) is 0 Å². The van der Waals surface area contributed by atoms with Gasteiger partial charge in [0.2, 0.25) is 17.7 Å². The van der Waals surface area contributed by atoms with Crippen LogP contribution in [0.15, 0.2) is 25.3 Å². The largest absolute Gasteiger partial charge is 0.394 e. The average molecular weight is 357 g/mol. The van der Waals surface area contributed by atoms with Crippen molar-refractivity contribution in [2.75, 3.05) is 38.1 Å². The van der Waals surface area contributed by atoms with Crippen molar-refractivity contribution in [3.63, 3.8) is 0 Å². The van der Waals surface area contributed by atoms with Gasteiger partial charge >= 0.3 is 0 Å². The summed E-state index contributed by atoms with van der Waals surface area (Å²) in [4.78, 5) is 40.0. The maximum Gasteiger partial charge on any atom is 0.248 e. The third kappa shape index (κ3) is 5.99. The van der Waals surface area contributed by atoms with Gasteiger partial charge in [-0.3, -0.25) is 14.4 Å². The summed E-state index contributed by atoms with van der Waals surface area (Å²) in [6, 6.07) is 0. The first kappa shape index (κ1) is 20.2. The van der Waals surface area contributed by atoms with E-state index < -0.39 is 6.10 Å². The number of hydrogen-bond donors (Lipinski definition) is 2. The molecule has 9 heteroatoms. The third-order valence-electron chi connectivity index (χ3n) is 3.33. The van der Waals surface area contributed by atoms with Gasteiger partial charge in [0.25, 0.3) is 0 Å². The van der Waals surface area contributed by atoms with E-state index in [1.165, 1.54) is 26.5 Å². The lowest BCUT2D eigenvalue weighted by Gasteiger charge is -2.41. The van der Waals surface area contributed by atoms with Crippen LogP contribution in [-0.4, -0.2) is 86.9 Å². The predicted molar refractivity (Wildman–Crippen MR) is 90.6 cm³/mol. The Labute approximate surface area is 145 Å². The van der Waals surface area contributed by atoms with Gasteiger partial charge in [-0.25, -0.2) is 0 Å². The highest BCUT2D eigenvalue weighted by Gasteiger charge is 2.29. The summed E-state index contributed by atoms with van der Waals surface area (Å²) >= 11 is 1.35. The molecule has 1 aliphatic rings. The molecule has 1 heterocycles. The standard InChI is InChI=1S/C15H23N3O5S/c1-3-13(21)16-9-17(14(22)4-2)11-18(10-16)15(23)5-6-24-8-12(20)7-19/h3-4,12,19-20H,1-2,5-11H2. The number of nitrogens with zero attached hydrogens (tertiary/aromatic N) is 3. The zero-order valence-electron chi connectivity index (χ0n) is 13.5. The summed E-state index contributed by atoms with van der Waals surface area (Å²) in [5.41, 5.74) is 0. The maximum absolute atomic E-state index is 12.3. The molecule has 0 aliphatic carbocycles. The van der Waals surface area contributed by atoms with Crippen molar-refractivity contribution in [3.05, 3.63) is 25.3 Å². The number of hydrogen-bond acceptors (Lipinski definition) is 6. The number of rotatable bonds is 8.